The van der Waals surface area contributed by atoms with Crippen molar-refractivity contribution in [2.45, 2.75) is 32.1 Å². The third-order valence-corrected chi connectivity index (χ3v) is 4.73. The van der Waals surface area contributed by atoms with Crippen LogP contribution in [0.4, 0.5) is 5.69 Å². The van der Waals surface area contributed by atoms with E-state index in [0.717, 1.165) is 42.0 Å². The highest BCUT2D eigenvalue weighted by Crippen LogP contribution is 2.29. The molecule has 0 bridgehead atoms. The van der Waals surface area contributed by atoms with Gasteiger partial charge in [-0.05, 0) is 37.8 Å². The molecule has 2 heterocycles. The molecule has 2 aliphatic rings. The molecule has 1 aliphatic carbocycles. The van der Waals surface area contributed by atoms with Crippen LogP contribution in [0, 0.1) is 0 Å². The molecule has 7 heteroatoms. The molecule has 7 nitrogen and oxygen atoms in total. The Balaban J connectivity index is 0.000000151. The van der Waals surface area contributed by atoms with Crippen molar-refractivity contribution in [3.8, 4) is 5.75 Å². The van der Waals surface area contributed by atoms with Gasteiger partial charge in [-0.25, -0.2) is 0 Å². The van der Waals surface area contributed by atoms with E-state index in [1.807, 2.05) is 24.3 Å². The number of primary amides is 1. The summed E-state index contributed by atoms with van der Waals surface area (Å²) in [6.07, 6.45) is 4.68. The van der Waals surface area contributed by atoms with Gasteiger partial charge < -0.3 is 15.4 Å². The van der Waals surface area contributed by atoms with Gasteiger partial charge in [0.15, 0.2) is 0 Å². The van der Waals surface area contributed by atoms with E-state index in [1.54, 1.807) is 23.7 Å². The number of carbonyl (C=O) groups is 2. The molecule has 4 rings (SSSR count). The van der Waals surface area contributed by atoms with E-state index in [0.29, 0.717) is 18.7 Å². The number of nitrogens with zero attached hydrogens (tertiary/aromatic N) is 3. The molecule has 1 aromatic carbocycles. The SMILES string of the molecule is CN1C(=O)CCOc2ccccc21.Cn1nc2c(c1C(N)=O)CCCC2. The number of hydrogen-bond acceptors (Lipinski definition) is 4. The number of anilines is 1. The molecule has 0 saturated carbocycles. The van der Waals surface area contributed by atoms with Crippen molar-refractivity contribution in [2.24, 2.45) is 12.8 Å². The van der Waals surface area contributed by atoms with Crippen molar-refractivity contribution in [2.75, 3.05) is 18.6 Å². The number of ether oxygens (including phenoxy) is 1. The molecule has 138 valence electrons. The van der Waals surface area contributed by atoms with E-state index in [1.165, 1.54) is 6.42 Å². The lowest BCUT2D eigenvalue weighted by molar-refractivity contribution is -0.118. The van der Waals surface area contributed by atoms with Crippen LogP contribution in [0.1, 0.15) is 41.0 Å². The van der Waals surface area contributed by atoms with Crippen LogP contribution in [0.3, 0.4) is 0 Å². The van der Waals surface area contributed by atoms with Crippen molar-refractivity contribution >= 4 is 17.5 Å². The average Bonchev–Trinajstić information content (AvgIpc) is 2.90. The quantitative estimate of drug-likeness (QED) is 0.844. The molecule has 1 aliphatic heterocycles. The van der Waals surface area contributed by atoms with E-state index < -0.39 is 0 Å². The van der Waals surface area contributed by atoms with Crippen LogP contribution in [-0.2, 0) is 24.7 Å². The highest BCUT2D eigenvalue weighted by Gasteiger charge is 2.22. The van der Waals surface area contributed by atoms with Crippen molar-refractivity contribution < 1.29 is 14.3 Å². The van der Waals surface area contributed by atoms with Crippen molar-refractivity contribution in [1.29, 1.82) is 0 Å². The number of benzene rings is 1. The van der Waals surface area contributed by atoms with E-state index in [9.17, 15) is 9.59 Å². The molecule has 0 fully saturated rings. The van der Waals surface area contributed by atoms with Crippen LogP contribution in [0.5, 0.6) is 5.75 Å². The molecular weight excluding hydrogens is 332 g/mol. The maximum atomic E-state index is 11.4. The molecule has 26 heavy (non-hydrogen) atoms. The van der Waals surface area contributed by atoms with Gasteiger partial charge in [0, 0.05) is 19.7 Å². The molecule has 2 N–H and O–H groups in total. The Morgan fingerprint density at radius 3 is 2.65 bits per heavy atom. The summed E-state index contributed by atoms with van der Waals surface area (Å²) in [5.41, 5.74) is 8.86. The fourth-order valence-corrected chi connectivity index (χ4v) is 3.40. The maximum Gasteiger partial charge on any atom is 0.267 e. The largest absolute Gasteiger partial charge is 0.491 e. The van der Waals surface area contributed by atoms with Crippen molar-refractivity contribution in [3.05, 3.63) is 41.2 Å². The Morgan fingerprint density at radius 2 is 1.88 bits per heavy atom. The van der Waals surface area contributed by atoms with Gasteiger partial charge in [-0.3, -0.25) is 14.3 Å². The Morgan fingerprint density at radius 1 is 1.15 bits per heavy atom. The third-order valence-electron chi connectivity index (χ3n) is 4.73. The fourth-order valence-electron chi connectivity index (χ4n) is 3.40. The molecule has 0 spiro atoms. The minimum atomic E-state index is -0.363. The van der Waals surface area contributed by atoms with Gasteiger partial charge in [0.05, 0.1) is 24.4 Å². The summed E-state index contributed by atoms with van der Waals surface area (Å²) in [5.74, 6) is 0.527. The standard InChI is InChI=1S/C10H11NO2.C9H13N3O/c1-11-8-4-2-3-5-9(8)13-7-6-10(11)12;1-12-8(9(10)13)6-4-2-3-5-7(6)11-12/h2-5H,6-7H2,1H3;2-5H2,1H3,(H2,10,13). The zero-order chi connectivity index (χ0) is 18.7. The predicted molar refractivity (Wildman–Crippen MR) is 98.3 cm³/mol. The summed E-state index contributed by atoms with van der Waals surface area (Å²) in [7, 11) is 3.55. The topological polar surface area (TPSA) is 90.4 Å². The second kappa shape index (κ2) is 7.59. The first-order valence-corrected chi connectivity index (χ1v) is 8.82. The van der Waals surface area contributed by atoms with Crippen LogP contribution in [0.2, 0.25) is 0 Å². The van der Waals surface area contributed by atoms with Gasteiger partial charge in [-0.2, -0.15) is 5.10 Å². The van der Waals surface area contributed by atoms with Crippen LogP contribution >= 0.6 is 0 Å². The molecule has 1 aromatic heterocycles. The summed E-state index contributed by atoms with van der Waals surface area (Å²) < 4.78 is 7.04. The number of nitrogens with two attached hydrogens (primary N) is 1. The zero-order valence-corrected chi connectivity index (χ0v) is 15.2. The number of aryl methyl sites for hydroxylation is 2. The van der Waals surface area contributed by atoms with Gasteiger partial charge in [-0.15, -0.1) is 0 Å². The lowest BCUT2D eigenvalue weighted by Crippen LogP contribution is -2.24. The lowest BCUT2D eigenvalue weighted by atomic mass is 9.96. The van der Waals surface area contributed by atoms with E-state index in [-0.39, 0.29) is 11.8 Å². The third kappa shape index (κ3) is 3.56. The van der Waals surface area contributed by atoms with Gasteiger partial charge in [0.2, 0.25) is 5.91 Å². The van der Waals surface area contributed by atoms with Gasteiger partial charge in [0.1, 0.15) is 11.4 Å². The van der Waals surface area contributed by atoms with Gasteiger partial charge in [0.25, 0.3) is 5.91 Å². The molecule has 2 amide bonds. The number of rotatable bonds is 1. The lowest BCUT2D eigenvalue weighted by Gasteiger charge is -2.15. The predicted octanol–water partition coefficient (Wildman–Crippen LogP) is 1.83. The van der Waals surface area contributed by atoms with Crippen LogP contribution in [0.25, 0.3) is 0 Å². The van der Waals surface area contributed by atoms with Crippen molar-refractivity contribution in [1.82, 2.24) is 9.78 Å². The zero-order valence-electron chi connectivity index (χ0n) is 15.2. The number of para-hydroxylation sites is 2. The van der Waals surface area contributed by atoms with E-state index in [2.05, 4.69) is 5.10 Å². The summed E-state index contributed by atoms with van der Waals surface area (Å²) in [6.45, 7) is 0.472. The first-order chi connectivity index (χ1) is 12.5. The van der Waals surface area contributed by atoms with Crippen LogP contribution in [-0.4, -0.2) is 35.2 Å². The highest BCUT2D eigenvalue weighted by atomic mass is 16.5. The number of carbonyl (C=O) groups excluding carboxylic acids is 2. The van der Waals surface area contributed by atoms with Crippen LogP contribution in [0.15, 0.2) is 24.3 Å². The highest BCUT2D eigenvalue weighted by molar-refractivity contribution is 5.95. The number of amides is 2. The number of hydrogen-bond donors (Lipinski definition) is 1. The summed E-state index contributed by atoms with van der Waals surface area (Å²) in [5, 5.41) is 4.29. The first kappa shape index (κ1) is 18.0. The Hall–Kier alpha value is -2.83. The summed E-state index contributed by atoms with van der Waals surface area (Å²) in [4.78, 5) is 24.2. The molecular formula is C19H24N4O3. The monoisotopic (exact) mass is 356 g/mol. The smallest absolute Gasteiger partial charge is 0.267 e. The first-order valence-electron chi connectivity index (χ1n) is 8.82. The second-order valence-electron chi connectivity index (χ2n) is 6.49. The van der Waals surface area contributed by atoms with E-state index >= 15 is 0 Å². The van der Waals surface area contributed by atoms with Gasteiger partial charge in [-0.1, -0.05) is 12.1 Å². The number of fused-ring (bicyclic) bond motifs is 2. The summed E-state index contributed by atoms with van der Waals surface area (Å²) in [6, 6.07) is 7.57. The molecule has 0 saturated heterocycles. The number of aromatic nitrogens is 2. The maximum absolute atomic E-state index is 11.4. The normalized spacial score (nSPS) is 15.8. The fraction of sp³-hybridized carbons (Fsp3) is 0.421. The van der Waals surface area contributed by atoms with Crippen molar-refractivity contribution in [3.63, 3.8) is 0 Å². The second-order valence-corrected chi connectivity index (χ2v) is 6.49. The summed E-state index contributed by atoms with van der Waals surface area (Å²) >= 11 is 0. The minimum absolute atomic E-state index is 0.102. The Kier molecular flexibility index (Phi) is 5.25. The molecule has 0 atom stereocenters. The van der Waals surface area contributed by atoms with Gasteiger partial charge >= 0.3 is 0 Å². The van der Waals surface area contributed by atoms with Crippen LogP contribution < -0.4 is 15.4 Å². The molecule has 0 radical (unpaired) electrons. The average molecular weight is 356 g/mol. The molecule has 0 unspecified atom stereocenters. The van der Waals surface area contributed by atoms with E-state index in [4.69, 9.17) is 10.5 Å². The Bertz CT molecular complexity index is 828. The molecule has 2 aromatic rings. The minimum Gasteiger partial charge on any atom is -0.491 e. The Labute approximate surface area is 152 Å².